The Balaban J connectivity index is 0.783. The van der Waals surface area contributed by atoms with Gasteiger partial charge in [0, 0.05) is 99.8 Å². The van der Waals surface area contributed by atoms with Gasteiger partial charge in [0.15, 0.2) is 0 Å². The van der Waals surface area contributed by atoms with Crippen molar-refractivity contribution < 1.29 is 0 Å². The number of hydrogen-bond acceptors (Lipinski definition) is 2. The lowest BCUT2D eigenvalue weighted by Crippen LogP contribution is -2.27. The molecule has 0 saturated heterocycles. The molecule has 0 spiro atoms. The third-order valence-electron chi connectivity index (χ3n) is 25.0. The SMILES string of the molecule is CCCC/C(=C(\N=C1CC=CCC1C)c1ccc2cc(-c3ccc4c5c6ccccc6c6c7ccccc7n(/C(CCC)=C(/NC7C=CC=CC7)c7ccccc7)c6c5n5c6cc7ccccc7cc6c3c45)ccc2c1)n1c2ccccc2c2c3ccccc3c3c4cccc5c6cc7ccccc7cc6n(c54)c3c21. The Morgan fingerprint density at radius 3 is 1.56 bits per heavy atom. The number of unbranched alkanes of at least 4 members (excludes halogenated alkanes) is 1. The molecule has 2 aliphatic carbocycles. The highest BCUT2D eigenvalue weighted by molar-refractivity contribution is 6.42. The van der Waals surface area contributed by atoms with Crippen molar-refractivity contribution in [2.75, 3.05) is 0 Å². The van der Waals surface area contributed by atoms with Crippen LogP contribution in [0.5, 0.6) is 0 Å². The van der Waals surface area contributed by atoms with Crippen LogP contribution in [0.25, 0.3) is 208 Å². The molecule has 0 radical (unpaired) electrons. The summed E-state index contributed by atoms with van der Waals surface area (Å²) in [4.78, 5) is 6.13. The second kappa shape index (κ2) is 24.5. The zero-order valence-electron chi connectivity index (χ0n) is 61.9. The van der Waals surface area contributed by atoms with Crippen LogP contribution >= 0.6 is 0 Å². The van der Waals surface area contributed by atoms with Gasteiger partial charge in [-0.3, -0.25) is 4.99 Å². The molecule has 2 atom stereocenters. The molecule has 524 valence electrons. The van der Waals surface area contributed by atoms with E-state index in [2.05, 4.69) is 347 Å². The van der Waals surface area contributed by atoms with Crippen molar-refractivity contribution in [2.45, 2.75) is 78.2 Å². The average Bonchev–Trinajstić information content (AvgIpc) is 1.51. The average molecular weight is 1410 g/mol. The van der Waals surface area contributed by atoms with Gasteiger partial charge in [0.25, 0.3) is 0 Å². The van der Waals surface area contributed by atoms with Gasteiger partial charge in [-0.05, 0) is 157 Å². The predicted octanol–water partition coefficient (Wildman–Crippen LogP) is 28.2. The quantitative estimate of drug-likeness (QED) is 0.115. The summed E-state index contributed by atoms with van der Waals surface area (Å²) >= 11 is 0. The van der Waals surface area contributed by atoms with E-state index in [1.807, 2.05) is 0 Å². The standard InChI is InChI=1S/C104H78N6/c1-4-6-47-89(108-87-49-26-23-43-80(87)93-74-38-18-20-40-76(74)95-81-45-27-44-78-83-58-64-32-14-16-34-66(64)60-90(83)109(99(78)81)103(95)101(93)108)98(106-85-46-24-13-29-62(85)3)71-53-51-68-56-70(52-50-69(68)57-71)73-54-55-82-96-77-41-21-19-39-75(77)94-79-42-22-25-48-86(79)107(88(28-5-2)97(63-30-9-7-10-31-63)105-72-36-11-8-12-37-72)102(94)104(96)110-91-61-67-35-17-15-33-65(67)59-84(91)92(73)100(82)110/h7-27,30-36,38-45,48-62,72,105H,4-6,28-29,37,46-47H2,1-3H3/b97-88+,98-89+,106-85?. The Kier molecular flexibility index (Phi) is 14.1. The molecular formula is C104H78N6. The van der Waals surface area contributed by atoms with Crippen LogP contribution in [-0.4, -0.2) is 29.7 Å². The van der Waals surface area contributed by atoms with Crippen LogP contribution in [0.15, 0.2) is 308 Å². The van der Waals surface area contributed by atoms with Crippen LogP contribution in [0.3, 0.4) is 0 Å². The number of aromatic nitrogens is 4. The number of fused-ring (bicyclic) bond motifs is 29. The fourth-order valence-electron chi connectivity index (χ4n) is 20.1. The second-order valence-electron chi connectivity index (χ2n) is 31.2. The number of para-hydroxylation sites is 3. The number of allylic oxidation sites excluding steroid dienone is 6. The molecule has 0 saturated carbocycles. The minimum Gasteiger partial charge on any atom is -0.377 e. The van der Waals surface area contributed by atoms with E-state index in [-0.39, 0.29) is 6.04 Å². The molecule has 6 aromatic heterocycles. The normalized spacial score (nSPS) is 16.0. The van der Waals surface area contributed by atoms with E-state index in [0.29, 0.717) is 5.92 Å². The maximum atomic E-state index is 6.13. The van der Waals surface area contributed by atoms with Crippen molar-refractivity contribution in [3.05, 3.63) is 315 Å². The number of aliphatic imine (C=N–C) groups is 1. The number of benzene rings is 15. The first-order valence-corrected chi connectivity index (χ1v) is 39.8. The molecule has 110 heavy (non-hydrogen) atoms. The summed E-state index contributed by atoms with van der Waals surface area (Å²) in [5, 5.41) is 31.9. The Bertz CT molecular complexity index is 7720. The molecule has 23 rings (SSSR count). The number of nitrogens with one attached hydrogen (secondary N) is 1. The van der Waals surface area contributed by atoms with Gasteiger partial charge in [-0.1, -0.05) is 288 Å². The van der Waals surface area contributed by atoms with Crippen LogP contribution in [0, 0.1) is 5.92 Å². The fourth-order valence-corrected chi connectivity index (χ4v) is 20.1. The van der Waals surface area contributed by atoms with Crippen LogP contribution in [-0.2, 0) is 0 Å². The van der Waals surface area contributed by atoms with Crippen LogP contribution in [0.2, 0.25) is 0 Å². The van der Waals surface area contributed by atoms with Crippen LogP contribution < -0.4 is 5.32 Å². The first kappa shape index (κ1) is 63.1. The van der Waals surface area contributed by atoms with Gasteiger partial charge in [-0.25, -0.2) is 0 Å². The highest BCUT2D eigenvalue weighted by Crippen LogP contribution is 2.54. The topological polar surface area (TPSA) is 43.1 Å². The van der Waals surface area contributed by atoms with Crippen molar-refractivity contribution >= 4 is 202 Å². The molecule has 2 unspecified atom stereocenters. The van der Waals surface area contributed by atoms with Crippen LogP contribution in [0.4, 0.5) is 0 Å². The molecule has 1 N–H and O–H groups in total. The Morgan fingerprint density at radius 2 is 0.918 bits per heavy atom. The van der Waals surface area contributed by atoms with E-state index in [1.165, 1.54) is 213 Å². The van der Waals surface area contributed by atoms with Crippen molar-refractivity contribution in [1.29, 1.82) is 0 Å². The third-order valence-corrected chi connectivity index (χ3v) is 25.0. The maximum Gasteiger partial charge on any atom is 0.0900 e. The van der Waals surface area contributed by atoms with E-state index in [4.69, 9.17) is 4.99 Å². The summed E-state index contributed by atoms with van der Waals surface area (Å²) in [6.45, 7) is 7.05. The van der Waals surface area contributed by atoms with E-state index < -0.39 is 0 Å². The highest BCUT2D eigenvalue weighted by Gasteiger charge is 2.32. The minimum atomic E-state index is 0.138. The van der Waals surface area contributed by atoms with Crippen molar-refractivity contribution in [1.82, 2.24) is 23.3 Å². The molecule has 0 amide bonds. The molecule has 0 bridgehead atoms. The largest absolute Gasteiger partial charge is 0.377 e. The van der Waals surface area contributed by atoms with Gasteiger partial charge >= 0.3 is 0 Å². The highest BCUT2D eigenvalue weighted by atomic mass is 15.1. The van der Waals surface area contributed by atoms with Gasteiger partial charge in [0.05, 0.1) is 66.6 Å². The molecule has 6 heteroatoms. The zero-order chi connectivity index (χ0) is 72.6. The molecule has 21 aromatic rings. The van der Waals surface area contributed by atoms with E-state index >= 15 is 0 Å². The van der Waals surface area contributed by atoms with Gasteiger partial charge in [0.2, 0.25) is 0 Å². The van der Waals surface area contributed by atoms with E-state index in [0.717, 1.165) is 62.6 Å². The smallest absolute Gasteiger partial charge is 0.0900 e. The van der Waals surface area contributed by atoms with Crippen LogP contribution in [0.1, 0.15) is 83.3 Å². The molecule has 6 heterocycles. The first-order valence-electron chi connectivity index (χ1n) is 39.8. The summed E-state index contributed by atoms with van der Waals surface area (Å²) in [6, 6.07) is 102. The van der Waals surface area contributed by atoms with E-state index in [1.54, 1.807) is 0 Å². The van der Waals surface area contributed by atoms with Gasteiger partial charge < -0.3 is 23.3 Å². The Hall–Kier alpha value is -13.0. The van der Waals surface area contributed by atoms with Gasteiger partial charge in [-0.15, -0.1) is 0 Å². The Labute approximate surface area is 636 Å². The second-order valence-corrected chi connectivity index (χ2v) is 31.2. The Morgan fingerprint density at radius 1 is 0.373 bits per heavy atom. The summed E-state index contributed by atoms with van der Waals surface area (Å²) in [7, 11) is 0. The molecule has 0 fully saturated rings. The summed E-state index contributed by atoms with van der Waals surface area (Å²) in [6.07, 6.45) is 21.1. The molecule has 6 nitrogen and oxygen atoms in total. The third kappa shape index (κ3) is 9.08. The lowest BCUT2D eigenvalue weighted by atomic mass is 9.92. The number of nitrogens with zero attached hydrogens (tertiary/aromatic N) is 5. The maximum absolute atomic E-state index is 6.13. The van der Waals surface area contributed by atoms with Crippen molar-refractivity contribution in [2.24, 2.45) is 10.9 Å². The summed E-state index contributed by atoms with van der Waals surface area (Å²) in [5.74, 6) is 0.290. The van der Waals surface area contributed by atoms with Gasteiger partial charge in [0.1, 0.15) is 0 Å². The monoisotopic (exact) mass is 1410 g/mol. The molecule has 0 aliphatic heterocycles. The minimum absolute atomic E-state index is 0.138. The number of rotatable bonds is 13. The first-order chi connectivity index (χ1) is 54.5. The zero-order valence-corrected chi connectivity index (χ0v) is 61.9. The molecule has 2 aliphatic rings. The summed E-state index contributed by atoms with van der Waals surface area (Å²) in [5.41, 5.74) is 23.0. The van der Waals surface area contributed by atoms with E-state index in [9.17, 15) is 0 Å². The number of hydrogen-bond donors (Lipinski definition) is 1. The lowest BCUT2D eigenvalue weighted by molar-refractivity contribution is 0.715. The van der Waals surface area contributed by atoms with Crippen molar-refractivity contribution in [3.63, 3.8) is 0 Å². The fraction of sp³-hybridized carbons (Fsp3) is 0.125. The van der Waals surface area contributed by atoms with Gasteiger partial charge in [-0.2, -0.15) is 0 Å². The molecular weight excluding hydrogens is 1330 g/mol. The van der Waals surface area contributed by atoms with Crippen molar-refractivity contribution in [3.8, 4) is 11.1 Å². The predicted molar refractivity (Wildman–Crippen MR) is 473 cm³/mol. The molecule has 15 aromatic carbocycles. The summed E-state index contributed by atoms with van der Waals surface area (Å²) < 4.78 is 10.7. The lowest BCUT2D eigenvalue weighted by Gasteiger charge is -2.25.